The number of benzene rings is 1. The van der Waals surface area contributed by atoms with E-state index in [1.165, 1.54) is 7.11 Å². The molecule has 1 unspecified atom stereocenters. The number of rotatable bonds is 6. The number of hydrogen-bond acceptors (Lipinski definition) is 3. The van der Waals surface area contributed by atoms with Gasteiger partial charge in [-0.3, -0.25) is 0 Å². The number of amides is 2. The van der Waals surface area contributed by atoms with Gasteiger partial charge in [-0.15, -0.1) is 0 Å². The smallest absolute Gasteiger partial charge is 0.326 e. The number of carboxylic acids is 1. The highest BCUT2D eigenvalue weighted by molar-refractivity contribution is 9.10. The van der Waals surface area contributed by atoms with Crippen LogP contribution >= 0.6 is 15.9 Å². The summed E-state index contributed by atoms with van der Waals surface area (Å²) < 4.78 is 5.91. The highest BCUT2D eigenvalue weighted by Crippen LogP contribution is 2.27. The minimum atomic E-state index is -1.06. The SMILES string of the molecule is COc1ccc(Br)cc1NC(=O)NC(CC(C)C)C(=O)O. The zero-order valence-electron chi connectivity index (χ0n) is 12.1. The average molecular weight is 359 g/mol. The molecule has 0 aromatic heterocycles. The van der Waals surface area contributed by atoms with Crippen LogP contribution < -0.4 is 15.4 Å². The normalized spacial score (nSPS) is 11.9. The van der Waals surface area contributed by atoms with Crippen molar-refractivity contribution in [1.29, 1.82) is 0 Å². The maximum atomic E-state index is 11.9. The number of urea groups is 1. The van der Waals surface area contributed by atoms with Gasteiger partial charge >= 0.3 is 12.0 Å². The van der Waals surface area contributed by atoms with Crippen molar-refractivity contribution >= 4 is 33.6 Å². The highest BCUT2D eigenvalue weighted by atomic mass is 79.9. The molecular weight excluding hydrogens is 340 g/mol. The van der Waals surface area contributed by atoms with Crippen molar-refractivity contribution in [2.75, 3.05) is 12.4 Å². The zero-order chi connectivity index (χ0) is 16.0. The monoisotopic (exact) mass is 358 g/mol. The summed E-state index contributed by atoms with van der Waals surface area (Å²) in [4.78, 5) is 23.1. The number of halogens is 1. The Labute approximate surface area is 132 Å². The summed E-state index contributed by atoms with van der Waals surface area (Å²) >= 11 is 3.30. The second-order valence-electron chi connectivity index (χ2n) is 4.96. The Morgan fingerprint density at radius 1 is 1.38 bits per heavy atom. The lowest BCUT2D eigenvalue weighted by Crippen LogP contribution is -2.43. The van der Waals surface area contributed by atoms with Crippen LogP contribution in [0.25, 0.3) is 0 Å². The van der Waals surface area contributed by atoms with Gasteiger partial charge in [0.05, 0.1) is 12.8 Å². The van der Waals surface area contributed by atoms with Crippen LogP contribution in [0.4, 0.5) is 10.5 Å². The number of aliphatic carboxylic acids is 1. The fourth-order valence-corrected chi connectivity index (χ4v) is 2.15. The molecule has 7 heteroatoms. The molecule has 116 valence electrons. The van der Waals surface area contributed by atoms with E-state index in [2.05, 4.69) is 26.6 Å². The van der Waals surface area contributed by atoms with Crippen LogP contribution in [0.15, 0.2) is 22.7 Å². The van der Waals surface area contributed by atoms with Gasteiger partial charge in [-0.25, -0.2) is 9.59 Å². The van der Waals surface area contributed by atoms with Crippen molar-refractivity contribution < 1.29 is 19.4 Å². The first kappa shape index (κ1) is 17.3. The number of carbonyl (C=O) groups is 2. The second-order valence-corrected chi connectivity index (χ2v) is 5.88. The highest BCUT2D eigenvalue weighted by Gasteiger charge is 2.21. The minimum Gasteiger partial charge on any atom is -0.495 e. The van der Waals surface area contributed by atoms with Gasteiger partial charge in [-0.1, -0.05) is 29.8 Å². The summed E-state index contributed by atoms with van der Waals surface area (Å²) in [7, 11) is 1.49. The molecule has 0 spiro atoms. The summed E-state index contributed by atoms with van der Waals surface area (Å²) in [5, 5.41) is 14.1. The molecule has 0 radical (unpaired) electrons. The summed E-state index contributed by atoms with van der Waals surface area (Å²) in [5.41, 5.74) is 0.457. The lowest BCUT2D eigenvalue weighted by atomic mass is 10.0. The van der Waals surface area contributed by atoms with Crippen molar-refractivity contribution in [1.82, 2.24) is 5.32 Å². The molecule has 0 saturated carbocycles. The number of methoxy groups -OCH3 is 1. The summed E-state index contributed by atoms with van der Waals surface area (Å²) in [6.07, 6.45) is 0.359. The Morgan fingerprint density at radius 3 is 2.57 bits per heavy atom. The maximum Gasteiger partial charge on any atom is 0.326 e. The maximum absolute atomic E-state index is 11.9. The van der Waals surface area contributed by atoms with Gasteiger partial charge in [-0.2, -0.15) is 0 Å². The number of carboxylic acid groups (broad SMARTS) is 1. The van der Waals surface area contributed by atoms with Crippen molar-refractivity contribution in [2.24, 2.45) is 5.92 Å². The van der Waals surface area contributed by atoms with E-state index in [1.807, 2.05) is 13.8 Å². The molecule has 0 fully saturated rings. The van der Waals surface area contributed by atoms with E-state index in [1.54, 1.807) is 18.2 Å². The molecule has 0 heterocycles. The lowest BCUT2D eigenvalue weighted by Gasteiger charge is -2.17. The Morgan fingerprint density at radius 2 is 2.05 bits per heavy atom. The molecule has 0 aliphatic carbocycles. The minimum absolute atomic E-state index is 0.159. The van der Waals surface area contributed by atoms with Crippen LogP contribution in [-0.2, 0) is 4.79 Å². The van der Waals surface area contributed by atoms with Gasteiger partial charge in [0.15, 0.2) is 0 Å². The molecule has 0 saturated heterocycles. The number of anilines is 1. The molecular formula is C14H19BrN2O4. The average Bonchev–Trinajstić information content (AvgIpc) is 2.37. The Hall–Kier alpha value is -1.76. The van der Waals surface area contributed by atoms with Gasteiger partial charge in [-0.05, 0) is 30.5 Å². The number of carbonyl (C=O) groups excluding carboxylic acids is 1. The van der Waals surface area contributed by atoms with Gasteiger partial charge in [0.1, 0.15) is 11.8 Å². The van der Waals surface area contributed by atoms with Gasteiger partial charge in [0.25, 0.3) is 0 Å². The predicted octanol–water partition coefficient (Wildman–Crippen LogP) is 3.08. The molecule has 0 aliphatic heterocycles. The van der Waals surface area contributed by atoms with Crippen LogP contribution in [0, 0.1) is 5.92 Å². The summed E-state index contributed by atoms with van der Waals surface area (Å²) in [6.45, 7) is 3.79. The standard InChI is InChI=1S/C14H19BrN2O4/c1-8(2)6-11(13(18)19)17-14(20)16-10-7-9(15)4-5-12(10)21-3/h4-5,7-8,11H,6H2,1-3H3,(H,18,19)(H2,16,17,20). The molecule has 21 heavy (non-hydrogen) atoms. The third-order valence-corrected chi connectivity index (χ3v) is 3.21. The quantitative estimate of drug-likeness (QED) is 0.728. The molecule has 1 aromatic carbocycles. The van der Waals surface area contributed by atoms with Crippen LogP contribution in [0.1, 0.15) is 20.3 Å². The van der Waals surface area contributed by atoms with Crippen LogP contribution in [0.5, 0.6) is 5.75 Å². The molecule has 0 aliphatic rings. The fourth-order valence-electron chi connectivity index (χ4n) is 1.79. The summed E-state index contributed by atoms with van der Waals surface area (Å²) in [6, 6.07) is 3.64. The molecule has 3 N–H and O–H groups in total. The molecule has 2 amide bonds. The number of nitrogens with one attached hydrogen (secondary N) is 2. The first-order valence-electron chi connectivity index (χ1n) is 6.47. The molecule has 6 nitrogen and oxygen atoms in total. The van der Waals surface area contributed by atoms with E-state index >= 15 is 0 Å². The molecule has 1 atom stereocenters. The van der Waals surface area contributed by atoms with E-state index in [9.17, 15) is 9.59 Å². The number of hydrogen-bond donors (Lipinski definition) is 3. The first-order chi connectivity index (χ1) is 9.83. The number of ether oxygens (including phenoxy) is 1. The van der Waals surface area contributed by atoms with E-state index in [0.29, 0.717) is 17.9 Å². The van der Waals surface area contributed by atoms with Crippen molar-refractivity contribution in [2.45, 2.75) is 26.3 Å². The van der Waals surface area contributed by atoms with Crippen molar-refractivity contribution in [3.63, 3.8) is 0 Å². The first-order valence-corrected chi connectivity index (χ1v) is 7.26. The van der Waals surface area contributed by atoms with Crippen LogP contribution in [0.3, 0.4) is 0 Å². The second kappa shape index (κ2) is 7.87. The lowest BCUT2D eigenvalue weighted by molar-refractivity contribution is -0.139. The van der Waals surface area contributed by atoms with Crippen LogP contribution in [0.2, 0.25) is 0 Å². The van der Waals surface area contributed by atoms with Gasteiger partial charge in [0.2, 0.25) is 0 Å². The molecule has 1 aromatic rings. The topological polar surface area (TPSA) is 87.7 Å². The Kier molecular flexibility index (Phi) is 6.48. The van der Waals surface area contributed by atoms with Crippen molar-refractivity contribution in [3.05, 3.63) is 22.7 Å². The largest absolute Gasteiger partial charge is 0.495 e. The Bertz CT molecular complexity index is 520. The summed E-state index contributed by atoms with van der Waals surface area (Å²) in [5.74, 6) is -0.407. The van der Waals surface area contributed by atoms with E-state index in [-0.39, 0.29) is 5.92 Å². The van der Waals surface area contributed by atoms with Crippen molar-refractivity contribution in [3.8, 4) is 5.75 Å². The Balaban J connectivity index is 2.76. The van der Waals surface area contributed by atoms with Crippen LogP contribution in [-0.4, -0.2) is 30.3 Å². The van der Waals surface area contributed by atoms with E-state index in [4.69, 9.17) is 9.84 Å². The van der Waals surface area contributed by atoms with Gasteiger partial charge in [0, 0.05) is 4.47 Å². The fraction of sp³-hybridized carbons (Fsp3) is 0.429. The van der Waals surface area contributed by atoms with E-state index in [0.717, 1.165) is 4.47 Å². The van der Waals surface area contributed by atoms with E-state index < -0.39 is 18.0 Å². The third-order valence-electron chi connectivity index (χ3n) is 2.72. The third kappa shape index (κ3) is 5.63. The zero-order valence-corrected chi connectivity index (χ0v) is 13.7. The van der Waals surface area contributed by atoms with Gasteiger partial charge < -0.3 is 20.5 Å². The molecule has 1 rings (SSSR count). The molecule has 0 bridgehead atoms. The predicted molar refractivity (Wildman–Crippen MR) is 83.7 cm³/mol.